The van der Waals surface area contributed by atoms with Crippen molar-refractivity contribution in [2.75, 3.05) is 5.75 Å². The van der Waals surface area contributed by atoms with Gasteiger partial charge in [0.05, 0.1) is 12.0 Å². The molecule has 0 fully saturated rings. The number of pyridine rings is 1. The predicted molar refractivity (Wildman–Crippen MR) is 87.3 cm³/mol. The zero-order valence-corrected chi connectivity index (χ0v) is 12.6. The van der Waals surface area contributed by atoms with Crippen LogP contribution >= 0.6 is 11.8 Å². The van der Waals surface area contributed by atoms with Crippen LogP contribution in [0.15, 0.2) is 53.9 Å². The summed E-state index contributed by atoms with van der Waals surface area (Å²) in [6, 6.07) is 12.0. The van der Waals surface area contributed by atoms with Gasteiger partial charge in [-0.25, -0.2) is 5.43 Å². The Morgan fingerprint density at radius 1 is 1.33 bits per heavy atom. The van der Waals surface area contributed by atoms with E-state index in [9.17, 15) is 4.79 Å². The lowest BCUT2D eigenvalue weighted by molar-refractivity contribution is -0.118. The van der Waals surface area contributed by atoms with Crippen LogP contribution < -0.4 is 5.43 Å². The quantitative estimate of drug-likeness (QED) is 0.659. The van der Waals surface area contributed by atoms with Crippen LogP contribution in [0.4, 0.5) is 0 Å². The Kier molecular flexibility index (Phi) is 5.97. The number of rotatable bonds is 6. The standard InChI is InChI=1S/C16H17N3OS/c1-13-4-6-14(7-5-13)11-21-12-16(20)19-18-10-15-3-2-8-17-9-15/h2-10H,11-12H2,1H3,(H,19,20)/b18-10-. The predicted octanol–water partition coefficient (Wildman–Crippen LogP) is 2.77. The van der Waals surface area contributed by atoms with Crippen LogP contribution in [0, 0.1) is 6.92 Å². The molecular weight excluding hydrogens is 282 g/mol. The lowest BCUT2D eigenvalue weighted by Crippen LogP contribution is -2.19. The highest BCUT2D eigenvalue weighted by Gasteiger charge is 2.00. The summed E-state index contributed by atoms with van der Waals surface area (Å²) in [5.41, 5.74) is 5.82. The van der Waals surface area contributed by atoms with Crippen LogP contribution in [0.3, 0.4) is 0 Å². The van der Waals surface area contributed by atoms with Gasteiger partial charge in [0.25, 0.3) is 0 Å². The molecule has 1 aromatic carbocycles. The molecule has 1 heterocycles. The smallest absolute Gasteiger partial charge is 0.250 e. The first-order chi connectivity index (χ1) is 10.2. The van der Waals surface area contributed by atoms with Gasteiger partial charge in [0.15, 0.2) is 0 Å². The van der Waals surface area contributed by atoms with Gasteiger partial charge < -0.3 is 0 Å². The van der Waals surface area contributed by atoms with Gasteiger partial charge in [-0.05, 0) is 18.6 Å². The van der Waals surface area contributed by atoms with Crippen LogP contribution in [0.2, 0.25) is 0 Å². The molecule has 1 N–H and O–H groups in total. The first kappa shape index (κ1) is 15.3. The zero-order chi connectivity index (χ0) is 14.9. The highest BCUT2D eigenvalue weighted by molar-refractivity contribution is 7.99. The number of thioether (sulfide) groups is 1. The van der Waals surface area contributed by atoms with Crippen molar-refractivity contribution in [1.29, 1.82) is 0 Å². The lowest BCUT2D eigenvalue weighted by atomic mass is 10.2. The number of amides is 1. The summed E-state index contributed by atoms with van der Waals surface area (Å²) < 4.78 is 0. The van der Waals surface area contributed by atoms with E-state index in [1.807, 2.05) is 12.1 Å². The molecule has 0 saturated carbocycles. The maximum absolute atomic E-state index is 11.6. The average Bonchev–Trinajstić information content (AvgIpc) is 2.50. The van der Waals surface area contributed by atoms with Crippen LogP contribution in [-0.2, 0) is 10.5 Å². The number of nitrogens with one attached hydrogen (secondary N) is 1. The van der Waals surface area contributed by atoms with E-state index in [1.54, 1.807) is 30.4 Å². The molecular formula is C16H17N3OS. The lowest BCUT2D eigenvalue weighted by Gasteiger charge is -2.02. The van der Waals surface area contributed by atoms with Gasteiger partial charge in [-0.3, -0.25) is 9.78 Å². The second-order valence-electron chi connectivity index (χ2n) is 4.56. The van der Waals surface area contributed by atoms with Crippen molar-refractivity contribution < 1.29 is 4.79 Å². The second kappa shape index (κ2) is 8.21. The second-order valence-corrected chi connectivity index (χ2v) is 5.54. The summed E-state index contributed by atoms with van der Waals surface area (Å²) in [6.45, 7) is 2.06. The molecule has 108 valence electrons. The normalized spacial score (nSPS) is 10.7. The van der Waals surface area contributed by atoms with Crippen LogP contribution in [0.1, 0.15) is 16.7 Å². The first-order valence-electron chi connectivity index (χ1n) is 6.59. The molecule has 21 heavy (non-hydrogen) atoms. The largest absolute Gasteiger partial charge is 0.272 e. The van der Waals surface area contributed by atoms with Gasteiger partial charge in [0.1, 0.15) is 0 Å². The van der Waals surface area contributed by atoms with E-state index in [0.717, 1.165) is 11.3 Å². The van der Waals surface area contributed by atoms with Gasteiger partial charge in [0.2, 0.25) is 5.91 Å². The molecule has 0 aliphatic heterocycles. The Bertz CT molecular complexity index is 597. The molecule has 0 unspecified atom stereocenters. The molecule has 2 rings (SSSR count). The highest BCUT2D eigenvalue weighted by atomic mass is 32.2. The summed E-state index contributed by atoms with van der Waals surface area (Å²) >= 11 is 1.57. The third kappa shape index (κ3) is 5.79. The summed E-state index contributed by atoms with van der Waals surface area (Å²) in [5.74, 6) is 1.10. The van der Waals surface area contributed by atoms with Gasteiger partial charge in [-0.15, -0.1) is 11.8 Å². The third-order valence-corrected chi connectivity index (χ3v) is 3.71. The van der Waals surface area contributed by atoms with E-state index in [-0.39, 0.29) is 5.91 Å². The van der Waals surface area contributed by atoms with Crippen molar-refractivity contribution in [3.63, 3.8) is 0 Å². The molecule has 4 nitrogen and oxygen atoms in total. The van der Waals surface area contributed by atoms with E-state index in [4.69, 9.17) is 0 Å². The topological polar surface area (TPSA) is 54.4 Å². The van der Waals surface area contributed by atoms with Gasteiger partial charge >= 0.3 is 0 Å². The van der Waals surface area contributed by atoms with Crippen LogP contribution in [-0.4, -0.2) is 22.9 Å². The molecule has 0 bridgehead atoms. The molecule has 1 amide bonds. The number of benzene rings is 1. The Hall–Kier alpha value is -2.14. The monoisotopic (exact) mass is 299 g/mol. The summed E-state index contributed by atoms with van der Waals surface area (Å²) in [5, 5.41) is 3.90. The van der Waals surface area contributed by atoms with E-state index in [1.165, 1.54) is 11.1 Å². The van der Waals surface area contributed by atoms with Crippen molar-refractivity contribution in [3.8, 4) is 0 Å². The average molecular weight is 299 g/mol. The van der Waals surface area contributed by atoms with E-state index >= 15 is 0 Å². The highest BCUT2D eigenvalue weighted by Crippen LogP contribution is 2.12. The van der Waals surface area contributed by atoms with Crippen LogP contribution in [0.25, 0.3) is 0 Å². The van der Waals surface area contributed by atoms with Crippen molar-refractivity contribution in [1.82, 2.24) is 10.4 Å². The summed E-state index contributed by atoms with van der Waals surface area (Å²) in [6.07, 6.45) is 4.95. The number of carbonyl (C=O) groups excluding carboxylic acids is 1. The Labute approximate surface area is 128 Å². The maximum Gasteiger partial charge on any atom is 0.250 e. The van der Waals surface area contributed by atoms with Gasteiger partial charge in [-0.2, -0.15) is 5.10 Å². The SMILES string of the molecule is Cc1ccc(CSCC(=O)N/N=C\c2cccnc2)cc1. The molecule has 0 saturated heterocycles. The van der Waals surface area contributed by atoms with Crippen molar-refractivity contribution >= 4 is 23.9 Å². The Morgan fingerprint density at radius 2 is 2.14 bits per heavy atom. The molecule has 0 aliphatic carbocycles. The maximum atomic E-state index is 11.6. The van der Waals surface area contributed by atoms with E-state index in [0.29, 0.717) is 5.75 Å². The number of hydrogen-bond donors (Lipinski definition) is 1. The minimum Gasteiger partial charge on any atom is -0.272 e. The van der Waals surface area contributed by atoms with Crippen molar-refractivity contribution in [3.05, 3.63) is 65.5 Å². The molecule has 0 spiro atoms. The number of carbonyl (C=O) groups is 1. The van der Waals surface area contributed by atoms with Gasteiger partial charge in [0, 0.05) is 23.7 Å². The van der Waals surface area contributed by atoms with Crippen LogP contribution in [0.5, 0.6) is 0 Å². The molecule has 0 atom stereocenters. The fourth-order valence-corrected chi connectivity index (χ4v) is 2.39. The number of hydrogen-bond acceptors (Lipinski definition) is 4. The molecule has 0 radical (unpaired) electrons. The first-order valence-corrected chi connectivity index (χ1v) is 7.75. The molecule has 1 aromatic heterocycles. The number of aryl methyl sites for hydroxylation is 1. The fourth-order valence-electron chi connectivity index (χ4n) is 1.61. The summed E-state index contributed by atoms with van der Waals surface area (Å²) in [4.78, 5) is 15.6. The Balaban J connectivity index is 1.68. The molecule has 5 heteroatoms. The Morgan fingerprint density at radius 3 is 2.86 bits per heavy atom. The minimum atomic E-state index is -0.104. The fraction of sp³-hybridized carbons (Fsp3) is 0.188. The molecule has 0 aliphatic rings. The van der Waals surface area contributed by atoms with E-state index < -0.39 is 0 Å². The molecule has 2 aromatic rings. The van der Waals surface area contributed by atoms with E-state index in [2.05, 4.69) is 46.7 Å². The minimum absolute atomic E-state index is 0.104. The number of hydrazone groups is 1. The van der Waals surface area contributed by atoms with Crippen molar-refractivity contribution in [2.45, 2.75) is 12.7 Å². The zero-order valence-electron chi connectivity index (χ0n) is 11.8. The summed E-state index contributed by atoms with van der Waals surface area (Å²) in [7, 11) is 0. The van der Waals surface area contributed by atoms with Crippen molar-refractivity contribution in [2.24, 2.45) is 5.10 Å². The number of aromatic nitrogens is 1. The number of nitrogens with zero attached hydrogens (tertiary/aromatic N) is 2. The third-order valence-electron chi connectivity index (χ3n) is 2.71. The van der Waals surface area contributed by atoms with Gasteiger partial charge in [-0.1, -0.05) is 35.9 Å².